The van der Waals surface area contributed by atoms with E-state index in [0.29, 0.717) is 31.9 Å². The molecule has 0 saturated carbocycles. The SMILES string of the molecule is Cc1ccc(CC(=O)N2CCOC[C@H]2CC(=O)c2cccs2)o1. The highest BCUT2D eigenvalue weighted by Crippen LogP contribution is 2.19. The Kier molecular flexibility index (Phi) is 4.93. The summed E-state index contributed by atoms with van der Waals surface area (Å²) in [5.41, 5.74) is 0. The molecule has 3 heterocycles. The van der Waals surface area contributed by atoms with Crippen LogP contribution in [-0.4, -0.2) is 42.4 Å². The van der Waals surface area contributed by atoms with E-state index in [9.17, 15) is 9.59 Å². The van der Waals surface area contributed by atoms with E-state index >= 15 is 0 Å². The number of hydrogen-bond acceptors (Lipinski definition) is 5. The Morgan fingerprint density at radius 3 is 2.91 bits per heavy atom. The van der Waals surface area contributed by atoms with Gasteiger partial charge >= 0.3 is 0 Å². The number of furan rings is 1. The Balaban J connectivity index is 1.65. The quantitative estimate of drug-likeness (QED) is 0.789. The lowest BCUT2D eigenvalue weighted by Crippen LogP contribution is -2.50. The Bertz CT molecular complexity index is 677. The Morgan fingerprint density at radius 2 is 2.22 bits per heavy atom. The zero-order valence-electron chi connectivity index (χ0n) is 13.0. The monoisotopic (exact) mass is 333 g/mol. The molecule has 1 amide bonds. The van der Waals surface area contributed by atoms with E-state index in [2.05, 4.69) is 0 Å². The molecule has 0 radical (unpaired) electrons. The van der Waals surface area contributed by atoms with E-state index in [0.717, 1.165) is 10.6 Å². The molecule has 1 saturated heterocycles. The maximum Gasteiger partial charge on any atom is 0.230 e. The van der Waals surface area contributed by atoms with Crippen molar-refractivity contribution in [3.8, 4) is 0 Å². The number of morpholine rings is 1. The highest BCUT2D eigenvalue weighted by molar-refractivity contribution is 7.12. The summed E-state index contributed by atoms with van der Waals surface area (Å²) in [4.78, 5) is 27.3. The van der Waals surface area contributed by atoms with Gasteiger partial charge in [-0.25, -0.2) is 0 Å². The van der Waals surface area contributed by atoms with Gasteiger partial charge < -0.3 is 14.1 Å². The van der Waals surface area contributed by atoms with Gasteiger partial charge in [0.25, 0.3) is 0 Å². The number of ketones is 1. The van der Waals surface area contributed by atoms with Crippen LogP contribution in [0.2, 0.25) is 0 Å². The van der Waals surface area contributed by atoms with Gasteiger partial charge in [0.05, 0.1) is 30.6 Å². The first-order chi connectivity index (χ1) is 11.1. The van der Waals surface area contributed by atoms with Gasteiger partial charge in [0.15, 0.2) is 5.78 Å². The highest BCUT2D eigenvalue weighted by Gasteiger charge is 2.30. The van der Waals surface area contributed by atoms with Gasteiger partial charge in [-0.05, 0) is 30.5 Å². The standard InChI is InChI=1S/C17H19NO4S/c1-12-4-5-14(22-12)10-17(20)18-6-7-21-11-13(18)9-15(19)16-3-2-8-23-16/h2-5,8,13H,6-7,9-11H2,1H3/t13-/m1/s1. The molecule has 6 heteroatoms. The van der Waals surface area contributed by atoms with Crippen molar-refractivity contribution >= 4 is 23.0 Å². The van der Waals surface area contributed by atoms with Crippen LogP contribution < -0.4 is 0 Å². The Morgan fingerprint density at radius 1 is 1.35 bits per heavy atom. The molecule has 2 aromatic heterocycles. The smallest absolute Gasteiger partial charge is 0.230 e. The Labute approximate surface area is 138 Å². The molecule has 1 aliphatic rings. The normalized spacial score (nSPS) is 18.1. The number of aryl methyl sites for hydroxylation is 1. The second kappa shape index (κ2) is 7.10. The van der Waals surface area contributed by atoms with Gasteiger partial charge in [-0.2, -0.15) is 0 Å². The van der Waals surface area contributed by atoms with Crippen molar-refractivity contribution in [2.24, 2.45) is 0 Å². The minimum absolute atomic E-state index is 0.0216. The number of rotatable bonds is 5. The molecule has 0 spiro atoms. The average molecular weight is 333 g/mol. The van der Waals surface area contributed by atoms with Crippen LogP contribution in [0, 0.1) is 6.92 Å². The molecule has 0 aromatic carbocycles. The third-order valence-corrected chi connectivity index (χ3v) is 4.80. The summed E-state index contributed by atoms with van der Waals surface area (Å²) >= 11 is 1.43. The maximum atomic E-state index is 12.6. The largest absolute Gasteiger partial charge is 0.466 e. The van der Waals surface area contributed by atoms with Crippen LogP contribution in [0.4, 0.5) is 0 Å². The summed E-state index contributed by atoms with van der Waals surface area (Å²) in [7, 11) is 0. The fourth-order valence-electron chi connectivity index (χ4n) is 2.73. The van der Waals surface area contributed by atoms with Crippen molar-refractivity contribution in [3.05, 3.63) is 46.0 Å². The lowest BCUT2D eigenvalue weighted by atomic mass is 10.1. The second-order valence-electron chi connectivity index (χ2n) is 5.61. The van der Waals surface area contributed by atoms with Gasteiger partial charge in [-0.15, -0.1) is 11.3 Å². The summed E-state index contributed by atoms with van der Waals surface area (Å²) in [6.45, 7) is 3.28. The van der Waals surface area contributed by atoms with E-state index in [4.69, 9.17) is 9.15 Å². The zero-order valence-corrected chi connectivity index (χ0v) is 13.8. The van der Waals surface area contributed by atoms with Crippen LogP contribution in [0.1, 0.15) is 27.6 Å². The van der Waals surface area contributed by atoms with Crippen molar-refractivity contribution in [2.45, 2.75) is 25.8 Å². The van der Waals surface area contributed by atoms with Crippen molar-refractivity contribution in [1.82, 2.24) is 4.90 Å². The van der Waals surface area contributed by atoms with Gasteiger partial charge in [0, 0.05) is 13.0 Å². The summed E-state index contributed by atoms with van der Waals surface area (Å²) in [6, 6.07) is 7.13. The lowest BCUT2D eigenvalue weighted by molar-refractivity contribution is -0.139. The Hall–Kier alpha value is -1.92. The van der Waals surface area contributed by atoms with E-state index in [-0.39, 0.29) is 24.2 Å². The number of amides is 1. The third kappa shape index (κ3) is 3.89. The van der Waals surface area contributed by atoms with Crippen molar-refractivity contribution in [1.29, 1.82) is 0 Å². The predicted molar refractivity (Wildman–Crippen MR) is 86.7 cm³/mol. The minimum atomic E-state index is -0.207. The zero-order chi connectivity index (χ0) is 16.2. The number of carbonyl (C=O) groups excluding carboxylic acids is 2. The number of Topliss-reactive ketones (excluding diaryl/α,β-unsaturated/α-hetero) is 1. The molecule has 0 N–H and O–H groups in total. The van der Waals surface area contributed by atoms with Gasteiger partial charge in [0.2, 0.25) is 5.91 Å². The van der Waals surface area contributed by atoms with Crippen LogP contribution in [0.15, 0.2) is 34.1 Å². The molecule has 5 nitrogen and oxygen atoms in total. The van der Waals surface area contributed by atoms with Crippen molar-refractivity contribution in [3.63, 3.8) is 0 Å². The predicted octanol–water partition coefficient (Wildman–Crippen LogP) is 2.69. The number of hydrogen-bond donors (Lipinski definition) is 0. The first kappa shape index (κ1) is 16.0. The molecule has 3 rings (SSSR count). The molecule has 0 aliphatic carbocycles. The maximum absolute atomic E-state index is 12.6. The van der Waals surface area contributed by atoms with Crippen LogP contribution in [0.25, 0.3) is 0 Å². The second-order valence-corrected chi connectivity index (χ2v) is 6.56. The minimum Gasteiger partial charge on any atom is -0.466 e. The van der Waals surface area contributed by atoms with Gasteiger partial charge in [-0.3, -0.25) is 9.59 Å². The van der Waals surface area contributed by atoms with Crippen LogP contribution in [0.3, 0.4) is 0 Å². The summed E-state index contributed by atoms with van der Waals surface area (Å²) in [5, 5.41) is 1.88. The topological polar surface area (TPSA) is 59.8 Å². The number of nitrogens with zero attached hydrogens (tertiary/aromatic N) is 1. The van der Waals surface area contributed by atoms with E-state index in [1.54, 1.807) is 4.90 Å². The van der Waals surface area contributed by atoms with Crippen LogP contribution in [0.5, 0.6) is 0 Å². The molecule has 1 atom stereocenters. The van der Waals surface area contributed by atoms with Crippen LogP contribution in [-0.2, 0) is 16.0 Å². The fraction of sp³-hybridized carbons (Fsp3) is 0.412. The lowest BCUT2D eigenvalue weighted by Gasteiger charge is -2.35. The molecular formula is C17H19NO4S. The highest BCUT2D eigenvalue weighted by atomic mass is 32.1. The van der Waals surface area contributed by atoms with E-state index < -0.39 is 0 Å². The summed E-state index contributed by atoms with van der Waals surface area (Å²) in [6.07, 6.45) is 0.515. The summed E-state index contributed by atoms with van der Waals surface area (Å²) in [5.74, 6) is 1.48. The average Bonchev–Trinajstić information content (AvgIpc) is 3.19. The molecular weight excluding hydrogens is 314 g/mol. The fourth-order valence-corrected chi connectivity index (χ4v) is 3.41. The van der Waals surface area contributed by atoms with Crippen LogP contribution >= 0.6 is 11.3 Å². The first-order valence-electron chi connectivity index (χ1n) is 7.62. The van der Waals surface area contributed by atoms with Gasteiger partial charge in [0.1, 0.15) is 11.5 Å². The number of carbonyl (C=O) groups is 2. The molecule has 1 aliphatic heterocycles. The van der Waals surface area contributed by atoms with Crippen molar-refractivity contribution < 1.29 is 18.7 Å². The molecule has 0 bridgehead atoms. The molecule has 23 heavy (non-hydrogen) atoms. The first-order valence-corrected chi connectivity index (χ1v) is 8.50. The third-order valence-electron chi connectivity index (χ3n) is 3.89. The number of ether oxygens (including phenoxy) is 1. The molecule has 0 unspecified atom stereocenters. The number of thiophene rings is 1. The van der Waals surface area contributed by atoms with Gasteiger partial charge in [-0.1, -0.05) is 6.07 Å². The molecule has 2 aromatic rings. The van der Waals surface area contributed by atoms with E-state index in [1.807, 2.05) is 36.6 Å². The molecule has 1 fully saturated rings. The van der Waals surface area contributed by atoms with Crippen molar-refractivity contribution in [2.75, 3.05) is 19.8 Å². The molecule has 122 valence electrons. The van der Waals surface area contributed by atoms with E-state index in [1.165, 1.54) is 11.3 Å². The summed E-state index contributed by atoms with van der Waals surface area (Å²) < 4.78 is 10.9.